The molecular weight excluding hydrogens is 186 g/mol. The Hall–Kier alpha value is -0.530. The molecule has 1 fully saturated rings. The molecule has 2 nitrogen and oxygen atoms in total. The van der Waals surface area contributed by atoms with Gasteiger partial charge in [-0.15, -0.1) is 0 Å². The van der Waals surface area contributed by atoms with Gasteiger partial charge in [0, 0.05) is 5.54 Å². The lowest BCUT2D eigenvalue weighted by molar-refractivity contribution is -0.129. The first-order chi connectivity index (χ1) is 6.71. The number of carbonyl (C=O) groups excluding carboxylic acids is 1. The quantitative estimate of drug-likeness (QED) is 0.760. The highest BCUT2D eigenvalue weighted by atomic mass is 16.2. The Morgan fingerprint density at radius 2 is 1.80 bits per heavy atom. The SMILES string of the molecule is CCC(C)(C)NC(=O)C1(CC)CC1(C)C. The van der Waals surface area contributed by atoms with Gasteiger partial charge in [0.2, 0.25) is 5.91 Å². The Morgan fingerprint density at radius 1 is 1.33 bits per heavy atom. The highest BCUT2D eigenvalue weighted by Crippen LogP contribution is 2.65. The summed E-state index contributed by atoms with van der Waals surface area (Å²) < 4.78 is 0. The fourth-order valence-corrected chi connectivity index (χ4v) is 2.38. The summed E-state index contributed by atoms with van der Waals surface area (Å²) in [5, 5.41) is 3.18. The van der Waals surface area contributed by atoms with Gasteiger partial charge in [0.05, 0.1) is 5.41 Å². The Morgan fingerprint density at radius 3 is 2.07 bits per heavy atom. The van der Waals surface area contributed by atoms with Crippen LogP contribution in [-0.2, 0) is 4.79 Å². The predicted molar refractivity (Wildman–Crippen MR) is 63.6 cm³/mol. The fourth-order valence-electron chi connectivity index (χ4n) is 2.38. The van der Waals surface area contributed by atoms with Gasteiger partial charge >= 0.3 is 0 Å². The van der Waals surface area contributed by atoms with Crippen LogP contribution in [0.3, 0.4) is 0 Å². The van der Waals surface area contributed by atoms with Crippen LogP contribution in [0.15, 0.2) is 0 Å². The van der Waals surface area contributed by atoms with Gasteiger partial charge in [-0.25, -0.2) is 0 Å². The summed E-state index contributed by atoms with van der Waals surface area (Å²) in [4.78, 5) is 12.2. The topological polar surface area (TPSA) is 29.1 Å². The maximum Gasteiger partial charge on any atom is 0.227 e. The van der Waals surface area contributed by atoms with Gasteiger partial charge in [0.25, 0.3) is 0 Å². The lowest BCUT2D eigenvalue weighted by Crippen LogP contribution is -2.47. The third-order valence-corrected chi connectivity index (χ3v) is 4.29. The lowest BCUT2D eigenvalue weighted by atomic mass is 9.90. The summed E-state index contributed by atoms with van der Waals surface area (Å²) in [5.74, 6) is 0.252. The molecule has 1 atom stereocenters. The third-order valence-electron chi connectivity index (χ3n) is 4.29. The van der Waals surface area contributed by atoms with Crippen molar-refractivity contribution in [3.8, 4) is 0 Å². The number of hydrogen-bond acceptors (Lipinski definition) is 1. The molecule has 0 spiro atoms. The van der Waals surface area contributed by atoms with E-state index in [4.69, 9.17) is 0 Å². The Kier molecular flexibility index (Phi) is 2.92. The molecule has 88 valence electrons. The van der Waals surface area contributed by atoms with Crippen LogP contribution in [0.25, 0.3) is 0 Å². The molecule has 0 bridgehead atoms. The zero-order valence-corrected chi connectivity index (χ0v) is 11.0. The summed E-state index contributed by atoms with van der Waals surface area (Å²) >= 11 is 0. The fraction of sp³-hybridized carbons (Fsp3) is 0.923. The minimum atomic E-state index is -0.0978. The molecule has 15 heavy (non-hydrogen) atoms. The molecule has 0 saturated heterocycles. The zero-order valence-electron chi connectivity index (χ0n) is 11.0. The van der Waals surface area contributed by atoms with E-state index < -0.39 is 0 Å². The molecule has 1 aliphatic rings. The first-order valence-corrected chi connectivity index (χ1v) is 6.03. The molecule has 0 aromatic heterocycles. The summed E-state index contributed by atoms with van der Waals surface area (Å²) in [5.41, 5.74) is 0.0209. The van der Waals surface area contributed by atoms with Gasteiger partial charge in [-0.3, -0.25) is 4.79 Å². The summed E-state index contributed by atoms with van der Waals surface area (Å²) in [6.07, 6.45) is 2.95. The monoisotopic (exact) mass is 211 g/mol. The van der Waals surface area contributed by atoms with Gasteiger partial charge in [-0.2, -0.15) is 0 Å². The molecule has 1 aliphatic carbocycles. The van der Waals surface area contributed by atoms with Crippen molar-refractivity contribution >= 4 is 5.91 Å². The second-order valence-corrected chi connectivity index (χ2v) is 6.19. The lowest BCUT2D eigenvalue weighted by Gasteiger charge is -2.28. The normalized spacial score (nSPS) is 28.7. The van der Waals surface area contributed by atoms with E-state index in [1.165, 1.54) is 0 Å². The van der Waals surface area contributed by atoms with Crippen LogP contribution in [0, 0.1) is 10.8 Å². The zero-order chi connectivity index (χ0) is 11.9. The molecule has 0 radical (unpaired) electrons. The second kappa shape index (κ2) is 3.50. The van der Waals surface area contributed by atoms with E-state index in [2.05, 4.69) is 46.9 Å². The molecule has 1 saturated carbocycles. The smallest absolute Gasteiger partial charge is 0.227 e. The molecule has 0 aliphatic heterocycles. The van der Waals surface area contributed by atoms with E-state index in [0.29, 0.717) is 0 Å². The van der Waals surface area contributed by atoms with E-state index in [1.807, 2.05) is 0 Å². The van der Waals surface area contributed by atoms with Crippen molar-refractivity contribution in [2.75, 3.05) is 0 Å². The van der Waals surface area contributed by atoms with Gasteiger partial charge in [0.15, 0.2) is 0 Å². The van der Waals surface area contributed by atoms with Crippen LogP contribution >= 0.6 is 0 Å². The largest absolute Gasteiger partial charge is 0.351 e. The van der Waals surface area contributed by atoms with Crippen molar-refractivity contribution in [2.45, 2.75) is 66.3 Å². The van der Waals surface area contributed by atoms with E-state index in [1.54, 1.807) is 0 Å². The van der Waals surface area contributed by atoms with Gasteiger partial charge < -0.3 is 5.32 Å². The van der Waals surface area contributed by atoms with Crippen molar-refractivity contribution in [3.05, 3.63) is 0 Å². The minimum absolute atomic E-state index is 0.0715. The van der Waals surface area contributed by atoms with E-state index >= 15 is 0 Å². The van der Waals surface area contributed by atoms with Crippen molar-refractivity contribution < 1.29 is 4.79 Å². The van der Waals surface area contributed by atoms with E-state index in [-0.39, 0.29) is 22.3 Å². The molecule has 1 rings (SSSR count). The number of hydrogen-bond donors (Lipinski definition) is 1. The number of carbonyl (C=O) groups is 1. The molecule has 0 heterocycles. The van der Waals surface area contributed by atoms with Crippen LogP contribution in [0.2, 0.25) is 0 Å². The minimum Gasteiger partial charge on any atom is -0.351 e. The van der Waals surface area contributed by atoms with E-state index in [0.717, 1.165) is 19.3 Å². The Balaban J connectivity index is 2.71. The van der Waals surface area contributed by atoms with Crippen molar-refractivity contribution in [3.63, 3.8) is 0 Å². The van der Waals surface area contributed by atoms with Crippen LogP contribution < -0.4 is 5.32 Å². The van der Waals surface area contributed by atoms with Crippen LogP contribution in [-0.4, -0.2) is 11.4 Å². The molecule has 0 aromatic rings. The number of rotatable bonds is 4. The molecule has 2 heteroatoms. The van der Waals surface area contributed by atoms with E-state index in [9.17, 15) is 4.79 Å². The molecule has 1 N–H and O–H groups in total. The summed E-state index contributed by atoms with van der Waals surface area (Å²) in [7, 11) is 0. The standard InChI is InChI=1S/C13H25NO/c1-7-12(5,6)14-10(15)13(8-2)9-11(13,3)4/h7-9H2,1-6H3,(H,14,15). The van der Waals surface area contributed by atoms with Gasteiger partial charge in [0.1, 0.15) is 0 Å². The summed E-state index contributed by atoms with van der Waals surface area (Å²) in [6, 6.07) is 0. The number of amides is 1. The molecule has 1 unspecified atom stereocenters. The average Bonchev–Trinajstić information content (AvgIpc) is 2.69. The predicted octanol–water partition coefficient (Wildman–Crippen LogP) is 3.12. The Labute approximate surface area is 93.8 Å². The van der Waals surface area contributed by atoms with Crippen LogP contribution in [0.5, 0.6) is 0 Å². The number of nitrogens with one attached hydrogen (secondary N) is 1. The maximum atomic E-state index is 12.2. The van der Waals surface area contributed by atoms with Crippen molar-refractivity contribution in [2.24, 2.45) is 10.8 Å². The third kappa shape index (κ3) is 2.04. The van der Waals surface area contributed by atoms with Crippen molar-refractivity contribution in [1.29, 1.82) is 0 Å². The first kappa shape index (κ1) is 12.5. The average molecular weight is 211 g/mol. The van der Waals surface area contributed by atoms with Crippen LogP contribution in [0.1, 0.15) is 60.8 Å². The van der Waals surface area contributed by atoms with Gasteiger partial charge in [-0.05, 0) is 38.5 Å². The molecule has 0 aromatic carbocycles. The maximum absolute atomic E-state index is 12.2. The Bertz CT molecular complexity index is 268. The van der Waals surface area contributed by atoms with Gasteiger partial charge in [-0.1, -0.05) is 27.7 Å². The highest BCUT2D eigenvalue weighted by molar-refractivity contribution is 5.87. The molecular formula is C13H25NO. The van der Waals surface area contributed by atoms with Crippen LogP contribution in [0.4, 0.5) is 0 Å². The highest BCUT2D eigenvalue weighted by Gasteiger charge is 2.64. The van der Waals surface area contributed by atoms with Crippen molar-refractivity contribution in [1.82, 2.24) is 5.32 Å². The second-order valence-electron chi connectivity index (χ2n) is 6.19. The molecule has 1 amide bonds. The first-order valence-electron chi connectivity index (χ1n) is 6.03. The summed E-state index contributed by atoms with van der Waals surface area (Å²) in [6.45, 7) is 12.8.